The van der Waals surface area contributed by atoms with Crippen molar-refractivity contribution in [3.05, 3.63) is 53.7 Å². The maximum atomic E-state index is 13.2. The van der Waals surface area contributed by atoms with E-state index in [2.05, 4.69) is 49.1 Å². The normalized spacial score (nSPS) is 20.2. The van der Waals surface area contributed by atoms with Crippen molar-refractivity contribution in [1.82, 2.24) is 19.9 Å². The van der Waals surface area contributed by atoms with Crippen LogP contribution in [0.25, 0.3) is 10.7 Å². The molecule has 5 rings (SSSR count). The maximum absolute atomic E-state index is 13.2. The fourth-order valence-corrected chi connectivity index (χ4v) is 5.15. The summed E-state index contributed by atoms with van der Waals surface area (Å²) in [6, 6.07) is 14.4. The fraction of sp³-hybridized carbons (Fsp3) is 0.435. The number of aromatic nitrogens is 2. The van der Waals surface area contributed by atoms with Crippen molar-refractivity contribution in [1.29, 1.82) is 0 Å². The Kier molecular flexibility index (Phi) is 5.99. The molecule has 0 bridgehead atoms. The van der Waals surface area contributed by atoms with Gasteiger partial charge in [-0.25, -0.2) is 0 Å². The molecule has 1 aromatic carbocycles. The van der Waals surface area contributed by atoms with Gasteiger partial charge in [-0.15, -0.1) is 11.3 Å². The largest absolute Gasteiger partial charge is 0.368 e. The monoisotopic (exact) mass is 437 g/mol. The Labute approximate surface area is 186 Å². The quantitative estimate of drug-likeness (QED) is 0.610. The number of thiophene rings is 1. The van der Waals surface area contributed by atoms with E-state index in [1.807, 2.05) is 23.6 Å². The number of hydrogen-bond acceptors (Lipinski definition) is 7. The van der Waals surface area contributed by atoms with Crippen molar-refractivity contribution in [2.75, 3.05) is 44.2 Å². The summed E-state index contributed by atoms with van der Waals surface area (Å²) in [5, 5.41) is 6.11. The first kappa shape index (κ1) is 20.2. The summed E-state index contributed by atoms with van der Waals surface area (Å²) in [7, 11) is 0. The molecule has 2 fully saturated rings. The van der Waals surface area contributed by atoms with Crippen LogP contribution in [0.3, 0.4) is 0 Å². The number of anilines is 1. The van der Waals surface area contributed by atoms with Crippen LogP contribution in [0.1, 0.15) is 18.7 Å². The Morgan fingerprint density at radius 2 is 1.90 bits per heavy atom. The molecule has 0 radical (unpaired) electrons. The van der Waals surface area contributed by atoms with Gasteiger partial charge in [0.15, 0.2) is 0 Å². The molecule has 2 saturated heterocycles. The molecule has 2 aliphatic heterocycles. The van der Waals surface area contributed by atoms with Gasteiger partial charge in [0.1, 0.15) is 0 Å². The first-order chi connectivity index (χ1) is 15.3. The lowest BCUT2D eigenvalue weighted by atomic mass is 9.96. The molecule has 1 unspecified atom stereocenters. The van der Waals surface area contributed by atoms with Gasteiger partial charge in [-0.1, -0.05) is 29.4 Å². The highest BCUT2D eigenvalue weighted by Gasteiger charge is 2.31. The average Bonchev–Trinajstić information content (AvgIpc) is 3.52. The van der Waals surface area contributed by atoms with Gasteiger partial charge < -0.3 is 14.3 Å². The second-order valence-corrected chi connectivity index (χ2v) is 9.16. The second-order valence-electron chi connectivity index (χ2n) is 8.21. The zero-order valence-electron chi connectivity index (χ0n) is 17.5. The number of hydrogen-bond donors (Lipinski definition) is 0. The van der Waals surface area contributed by atoms with E-state index >= 15 is 0 Å². The standard InChI is InChI=1S/C23H27N5O2S/c29-23(28-13-11-27(12-14-28)19-7-2-1-3-8-19)18-6-4-10-26(16-18)17-21-24-22(25-30-21)20-9-5-15-31-20/h1-3,5,7-9,15,18H,4,6,10-14,16-17H2. The van der Waals surface area contributed by atoms with Crippen LogP contribution >= 0.6 is 11.3 Å². The Morgan fingerprint density at radius 3 is 2.68 bits per heavy atom. The number of rotatable bonds is 5. The molecular weight excluding hydrogens is 410 g/mol. The number of para-hydroxylation sites is 1. The number of benzene rings is 1. The van der Waals surface area contributed by atoms with Crippen molar-refractivity contribution >= 4 is 22.9 Å². The minimum Gasteiger partial charge on any atom is -0.368 e. The van der Waals surface area contributed by atoms with Gasteiger partial charge in [-0.2, -0.15) is 4.98 Å². The molecule has 4 heterocycles. The van der Waals surface area contributed by atoms with Crippen LogP contribution < -0.4 is 4.90 Å². The number of likely N-dealkylation sites (tertiary alicyclic amines) is 1. The van der Waals surface area contributed by atoms with Gasteiger partial charge in [0.25, 0.3) is 0 Å². The topological polar surface area (TPSA) is 65.7 Å². The second kappa shape index (κ2) is 9.20. The first-order valence-corrected chi connectivity index (χ1v) is 11.8. The lowest BCUT2D eigenvalue weighted by Gasteiger charge is -2.39. The van der Waals surface area contributed by atoms with Crippen molar-refractivity contribution in [2.24, 2.45) is 5.92 Å². The van der Waals surface area contributed by atoms with Gasteiger partial charge in [-0.3, -0.25) is 9.69 Å². The summed E-state index contributed by atoms with van der Waals surface area (Å²) in [5.41, 5.74) is 1.24. The molecular formula is C23H27N5O2S. The van der Waals surface area contributed by atoms with Crippen LogP contribution in [0, 0.1) is 5.92 Å². The van der Waals surface area contributed by atoms with E-state index in [9.17, 15) is 4.79 Å². The number of carbonyl (C=O) groups excluding carboxylic acids is 1. The predicted octanol–water partition coefficient (Wildman–Crippen LogP) is 3.36. The zero-order valence-corrected chi connectivity index (χ0v) is 18.3. The third-order valence-electron chi connectivity index (χ3n) is 6.14. The first-order valence-electron chi connectivity index (χ1n) is 10.9. The van der Waals surface area contributed by atoms with Crippen molar-refractivity contribution in [2.45, 2.75) is 19.4 Å². The molecule has 162 valence electrons. The van der Waals surface area contributed by atoms with Crippen LogP contribution in [-0.2, 0) is 11.3 Å². The van der Waals surface area contributed by atoms with E-state index in [0.29, 0.717) is 24.2 Å². The van der Waals surface area contributed by atoms with Crippen LogP contribution in [0.5, 0.6) is 0 Å². The zero-order chi connectivity index (χ0) is 21.0. The van der Waals surface area contributed by atoms with Crippen LogP contribution in [0.15, 0.2) is 52.4 Å². The molecule has 2 aliphatic rings. The lowest BCUT2D eigenvalue weighted by molar-refractivity contribution is -0.137. The summed E-state index contributed by atoms with van der Waals surface area (Å²) in [5.74, 6) is 1.61. The number of carbonyl (C=O) groups is 1. The van der Waals surface area contributed by atoms with E-state index in [-0.39, 0.29) is 5.92 Å². The van der Waals surface area contributed by atoms with Gasteiger partial charge in [-0.05, 0) is 43.0 Å². The van der Waals surface area contributed by atoms with E-state index in [4.69, 9.17) is 4.52 Å². The third-order valence-corrected chi connectivity index (χ3v) is 7.00. The Hall–Kier alpha value is -2.71. The van der Waals surface area contributed by atoms with Gasteiger partial charge in [0, 0.05) is 38.4 Å². The molecule has 0 spiro atoms. The SMILES string of the molecule is O=C(C1CCCN(Cc2nc(-c3cccs3)no2)C1)N1CCN(c2ccccc2)CC1. The van der Waals surface area contributed by atoms with E-state index < -0.39 is 0 Å². The van der Waals surface area contributed by atoms with Crippen molar-refractivity contribution in [3.63, 3.8) is 0 Å². The van der Waals surface area contributed by atoms with Crippen molar-refractivity contribution < 1.29 is 9.32 Å². The summed E-state index contributed by atoms with van der Waals surface area (Å²) >= 11 is 1.60. The molecule has 2 aromatic heterocycles. The minimum atomic E-state index is 0.0525. The van der Waals surface area contributed by atoms with E-state index in [1.54, 1.807) is 11.3 Å². The number of amides is 1. The van der Waals surface area contributed by atoms with Gasteiger partial charge >= 0.3 is 0 Å². The summed E-state index contributed by atoms with van der Waals surface area (Å²) in [6.45, 7) is 5.68. The van der Waals surface area contributed by atoms with Crippen LogP contribution in [-0.4, -0.2) is 65.1 Å². The molecule has 7 nitrogen and oxygen atoms in total. The Balaban J connectivity index is 1.15. The van der Waals surface area contributed by atoms with Crippen LogP contribution in [0.4, 0.5) is 5.69 Å². The number of piperidine rings is 1. The molecule has 1 amide bonds. The van der Waals surface area contributed by atoms with Crippen LogP contribution in [0.2, 0.25) is 0 Å². The highest BCUT2D eigenvalue weighted by molar-refractivity contribution is 7.13. The Morgan fingerprint density at radius 1 is 1.06 bits per heavy atom. The highest BCUT2D eigenvalue weighted by Crippen LogP contribution is 2.24. The van der Waals surface area contributed by atoms with Gasteiger partial charge in [0.05, 0.1) is 17.3 Å². The average molecular weight is 438 g/mol. The summed E-state index contributed by atoms with van der Waals surface area (Å²) < 4.78 is 5.46. The molecule has 0 N–H and O–H groups in total. The van der Waals surface area contributed by atoms with Gasteiger partial charge in [0.2, 0.25) is 17.6 Å². The molecule has 8 heteroatoms. The molecule has 3 aromatic rings. The van der Waals surface area contributed by atoms with E-state index in [0.717, 1.165) is 57.0 Å². The fourth-order valence-electron chi connectivity index (χ4n) is 4.50. The minimum absolute atomic E-state index is 0.0525. The van der Waals surface area contributed by atoms with E-state index in [1.165, 1.54) is 5.69 Å². The predicted molar refractivity (Wildman–Crippen MR) is 121 cm³/mol. The highest BCUT2D eigenvalue weighted by atomic mass is 32.1. The number of nitrogens with zero attached hydrogens (tertiary/aromatic N) is 5. The summed E-state index contributed by atoms with van der Waals surface area (Å²) in [6.07, 6.45) is 1.98. The molecule has 0 saturated carbocycles. The summed E-state index contributed by atoms with van der Waals surface area (Å²) in [4.78, 5) is 25.4. The third kappa shape index (κ3) is 4.65. The lowest BCUT2D eigenvalue weighted by Crippen LogP contribution is -2.52. The number of piperazine rings is 1. The smallest absolute Gasteiger partial charge is 0.241 e. The molecule has 31 heavy (non-hydrogen) atoms. The molecule has 1 atom stereocenters. The van der Waals surface area contributed by atoms with Crippen molar-refractivity contribution in [3.8, 4) is 10.7 Å². The molecule has 0 aliphatic carbocycles. The maximum Gasteiger partial charge on any atom is 0.241 e. The Bertz CT molecular complexity index is 983.